The van der Waals surface area contributed by atoms with Crippen molar-refractivity contribution in [1.82, 2.24) is 10.9 Å². The van der Waals surface area contributed by atoms with Gasteiger partial charge in [0.05, 0.1) is 7.11 Å². The molecule has 0 heterocycles. The molecule has 0 rings (SSSR count). The lowest BCUT2D eigenvalue weighted by Crippen LogP contribution is -2.48. The standard InChI is InChI=1S/C8H18N2O2/c1-6(8(2,3)4)9-10-7(11)12-5/h6,9H,1-5H3,(H,10,11). The van der Waals surface area contributed by atoms with Crippen LogP contribution in [0.5, 0.6) is 0 Å². The van der Waals surface area contributed by atoms with Crippen molar-refractivity contribution in [1.29, 1.82) is 0 Å². The summed E-state index contributed by atoms with van der Waals surface area (Å²) in [6.45, 7) is 8.26. The molecule has 0 fully saturated rings. The van der Waals surface area contributed by atoms with Crippen LogP contribution < -0.4 is 10.9 Å². The Balaban J connectivity index is 3.72. The summed E-state index contributed by atoms with van der Waals surface area (Å²) in [5.74, 6) is 0. The van der Waals surface area contributed by atoms with Crippen LogP contribution in [-0.2, 0) is 4.74 Å². The first kappa shape index (κ1) is 11.2. The zero-order chi connectivity index (χ0) is 9.78. The maximum absolute atomic E-state index is 10.6. The van der Waals surface area contributed by atoms with Crippen LogP contribution in [0, 0.1) is 5.41 Å². The van der Waals surface area contributed by atoms with E-state index in [-0.39, 0.29) is 11.5 Å². The predicted molar refractivity (Wildman–Crippen MR) is 47.6 cm³/mol. The molecule has 1 amide bonds. The molecule has 0 aliphatic carbocycles. The Bertz CT molecular complexity index is 152. The van der Waals surface area contributed by atoms with E-state index in [1.807, 2.05) is 6.92 Å². The Kier molecular flexibility index (Phi) is 4.03. The van der Waals surface area contributed by atoms with E-state index in [4.69, 9.17) is 0 Å². The van der Waals surface area contributed by atoms with Crippen molar-refractivity contribution < 1.29 is 9.53 Å². The van der Waals surface area contributed by atoms with E-state index in [1.54, 1.807) is 0 Å². The first-order valence-electron chi connectivity index (χ1n) is 3.97. The molecule has 0 aromatic rings. The Labute approximate surface area is 73.6 Å². The summed E-state index contributed by atoms with van der Waals surface area (Å²) in [4.78, 5) is 10.6. The van der Waals surface area contributed by atoms with Gasteiger partial charge in [0, 0.05) is 6.04 Å². The second kappa shape index (κ2) is 4.30. The zero-order valence-corrected chi connectivity index (χ0v) is 8.39. The molecule has 1 unspecified atom stereocenters. The van der Waals surface area contributed by atoms with Gasteiger partial charge in [0.2, 0.25) is 0 Å². The number of hydrogen-bond acceptors (Lipinski definition) is 3. The van der Waals surface area contributed by atoms with Gasteiger partial charge in [0.1, 0.15) is 0 Å². The van der Waals surface area contributed by atoms with Crippen LogP contribution in [0.4, 0.5) is 4.79 Å². The number of ether oxygens (including phenoxy) is 1. The van der Waals surface area contributed by atoms with Gasteiger partial charge in [-0.15, -0.1) is 0 Å². The molecule has 4 heteroatoms. The largest absolute Gasteiger partial charge is 0.452 e. The summed E-state index contributed by atoms with van der Waals surface area (Å²) in [5.41, 5.74) is 5.39. The molecule has 0 spiro atoms. The summed E-state index contributed by atoms with van der Waals surface area (Å²) < 4.78 is 4.40. The third-order valence-electron chi connectivity index (χ3n) is 1.88. The van der Waals surface area contributed by atoms with Crippen LogP contribution in [-0.4, -0.2) is 19.2 Å². The second-order valence-electron chi connectivity index (χ2n) is 3.85. The van der Waals surface area contributed by atoms with E-state index < -0.39 is 6.09 Å². The summed E-state index contributed by atoms with van der Waals surface area (Å²) in [6.07, 6.45) is -0.467. The molecule has 0 aromatic carbocycles. The number of rotatable bonds is 2. The van der Waals surface area contributed by atoms with Gasteiger partial charge in [-0.25, -0.2) is 10.2 Å². The van der Waals surface area contributed by atoms with Crippen LogP contribution >= 0.6 is 0 Å². The number of hydrogen-bond donors (Lipinski definition) is 2. The van der Waals surface area contributed by atoms with Crippen molar-refractivity contribution in [2.24, 2.45) is 5.41 Å². The minimum atomic E-state index is -0.467. The molecule has 72 valence electrons. The molecule has 0 aromatic heterocycles. The summed E-state index contributed by atoms with van der Waals surface area (Å²) in [7, 11) is 1.33. The third kappa shape index (κ3) is 4.18. The quantitative estimate of drug-likeness (QED) is 0.620. The lowest BCUT2D eigenvalue weighted by molar-refractivity contribution is 0.157. The highest BCUT2D eigenvalue weighted by atomic mass is 16.5. The highest BCUT2D eigenvalue weighted by molar-refractivity contribution is 5.66. The zero-order valence-electron chi connectivity index (χ0n) is 8.39. The number of methoxy groups -OCH3 is 1. The lowest BCUT2D eigenvalue weighted by Gasteiger charge is -2.27. The number of amides is 1. The minimum Gasteiger partial charge on any atom is -0.452 e. The molecule has 0 aliphatic heterocycles. The van der Waals surface area contributed by atoms with Gasteiger partial charge < -0.3 is 4.74 Å². The molecule has 0 saturated carbocycles. The van der Waals surface area contributed by atoms with E-state index in [1.165, 1.54) is 7.11 Å². The Morgan fingerprint density at radius 1 is 1.42 bits per heavy atom. The summed E-state index contributed by atoms with van der Waals surface area (Å²) in [5, 5.41) is 0. The topological polar surface area (TPSA) is 50.4 Å². The number of nitrogens with one attached hydrogen (secondary N) is 2. The first-order chi connectivity index (χ1) is 5.38. The fourth-order valence-corrected chi connectivity index (χ4v) is 0.435. The fourth-order valence-electron chi connectivity index (χ4n) is 0.435. The van der Waals surface area contributed by atoms with Crippen molar-refractivity contribution in [3.8, 4) is 0 Å². The van der Waals surface area contributed by atoms with Crippen LogP contribution in [0.1, 0.15) is 27.7 Å². The van der Waals surface area contributed by atoms with Gasteiger partial charge in [0.15, 0.2) is 0 Å². The van der Waals surface area contributed by atoms with Crippen LogP contribution in [0.25, 0.3) is 0 Å². The van der Waals surface area contributed by atoms with Crippen molar-refractivity contribution in [3.63, 3.8) is 0 Å². The molecule has 0 aliphatic rings. The van der Waals surface area contributed by atoms with E-state index in [0.29, 0.717) is 0 Å². The molecule has 2 N–H and O–H groups in total. The number of carbonyl (C=O) groups excluding carboxylic acids is 1. The summed E-state index contributed by atoms with van der Waals surface area (Å²) >= 11 is 0. The maximum Gasteiger partial charge on any atom is 0.421 e. The monoisotopic (exact) mass is 174 g/mol. The molecule has 4 nitrogen and oxygen atoms in total. The van der Waals surface area contributed by atoms with Gasteiger partial charge in [-0.05, 0) is 12.3 Å². The lowest BCUT2D eigenvalue weighted by atomic mass is 9.89. The van der Waals surface area contributed by atoms with Crippen LogP contribution in [0.15, 0.2) is 0 Å². The smallest absolute Gasteiger partial charge is 0.421 e. The van der Waals surface area contributed by atoms with E-state index in [9.17, 15) is 4.79 Å². The van der Waals surface area contributed by atoms with Gasteiger partial charge in [0.25, 0.3) is 0 Å². The van der Waals surface area contributed by atoms with Crippen molar-refractivity contribution in [2.75, 3.05) is 7.11 Å². The predicted octanol–water partition coefficient (Wildman–Crippen LogP) is 1.28. The minimum absolute atomic E-state index is 0.112. The number of carbonyl (C=O) groups is 1. The molecule has 0 radical (unpaired) electrons. The second-order valence-corrected chi connectivity index (χ2v) is 3.85. The van der Waals surface area contributed by atoms with Crippen LogP contribution in [0.2, 0.25) is 0 Å². The van der Waals surface area contributed by atoms with Gasteiger partial charge in [-0.3, -0.25) is 5.43 Å². The first-order valence-corrected chi connectivity index (χ1v) is 3.97. The average Bonchev–Trinajstić information content (AvgIpc) is 1.97. The van der Waals surface area contributed by atoms with Crippen molar-refractivity contribution in [3.05, 3.63) is 0 Å². The molecule has 12 heavy (non-hydrogen) atoms. The Hall–Kier alpha value is -0.770. The van der Waals surface area contributed by atoms with Crippen molar-refractivity contribution >= 4 is 6.09 Å². The highest BCUT2D eigenvalue weighted by Gasteiger charge is 2.19. The van der Waals surface area contributed by atoms with Gasteiger partial charge in [-0.1, -0.05) is 20.8 Å². The average molecular weight is 174 g/mol. The van der Waals surface area contributed by atoms with Crippen molar-refractivity contribution in [2.45, 2.75) is 33.7 Å². The van der Waals surface area contributed by atoms with E-state index >= 15 is 0 Å². The highest BCUT2D eigenvalue weighted by Crippen LogP contribution is 2.17. The fraction of sp³-hybridized carbons (Fsp3) is 0.875. The van der Waals surface area contributed by atoms with Gasteiger partial charge in [-0.2, -0.15) is 0 Å². The number of hydrazine groups is 1. The molecule has 1 atom stereocenters. The Morgan fingerprint density at radius 3 is 2.25 bits per heavy atom. The maximum atomic E-state index is 10.6. The van der Waals surface area contributed by atoms with Crippen LogP contribution in [0.3, 0.4) is 0 Å². The van der Waals surface area contributed by atoms with E-state index in [0.717, 1.165) is 0 Å². The molecule has 0 bridgehead atoms. The molecular formula is C8H18N2O2. The third-order valence-corrected chi connectivity index (χ3v) is 1.88. The normalized spacial score (nSPS) is 13.8. The van der Waals surface area contributed by atoms with Gasteiger partial charge >= 0.3 is 6.09 Å². The van der Waals surface area contributed by atoms with E-state index in [2.05, 4.69) is 36.4 Å². The summed E-state index contributed by atoms with van der Waals surface area (Å²) in [6, 6.07) is 0.191. The molecular weight excluding hydrogens is 156 g/mol. The molecule has 0 saturated heterocycles. The SMILES string of the molecule is COC(=O)NNC(C)C(C)(C)C. The Morgan fingerprint density at radius 2 is 1.92 bits per heavy atom.